The summed E-state index contributed by atoms with van der Waals surface area (Å²) < 4.78 is 101. The van der Waals surface area contributed by atoms with Crippen molar-refractivity contribution >= 4 is 75.1 Å². The molecule has 16 nitrogen and oxygen atoms in total. The topological polar surface area (TPSA) is 183 Å². The zero-order chi connectivity index (χ0) is 55.5. The maximum absolute atomic E-state index is 12.6. The SMILES string of the molecule is C.CC1(C)OB(B2OC(C)(C)C(C)(C)O2)OC1(C)C.CCN(CC)S(=O)(=O)c1ccc(Oc2ccc(B3OC(C)(C)C(C)(C)O3)c(C=O)c2)cc1.CCN(CC)S(=O)(=O)c1ccc(Oc2ccc(Br)c(C=O)c2)cc1.[2HH]. The van der Waals surface area contributed by atoms with Crippen LogP contribution in [0.25, 0.3) is 0 Å². The van der Waals surface area contributed by atoms with Gasteiger partial charge in [-0.15, -0.1) is 0 Å². The average Bonchev–Trinajstić information content (AvgIpc) is 3.80. The Morgan fingerprint density at radius 3 is 1.09 bits per heavy atom. The number of aldehydes is 2. The van der Waals surface area contributed by atoms with Crippen molar-refractivity contribution in [3.63, 3.8) is 0 Å². The van der Waals surface area contributed by atoms with Crippen molar-refractivity contribution in [3.05, 3.63) is 101 Å². The fourth-order valence-electron chi connectivity index (χ4n) is 7.63. The molecule has 412 valence electrons. The first-order valence-electron chi connectivity index (χ1n) is 24.7. The van der Waals surface area contributed by atoms with Crippen molar-refractivity contribution < 1.29 is 65.3 Å². The lowest BCUT2D eigenvalue weighted by atomic mass is 9.49. The van der Waals surface area contributed by atoms with Crippen molar-refractivity contribution in [2.45, 2.75) is 162 Å². The summed E-state index contributed by atoms with van der Waals surface area (Å²) >= 11 is 3.28. The van der Waals surface area contributed by atoms with E-state index in [2.05, 4.69) is 15.9 Å². The van der Waals surface area contributed by atoms with Gasteiger partial charge in [-0.3, -0.25) is 9.59 Å². The zero-order valence-electron chi connectivity index (χ0n) is 45.6. The largest absolute Gasteiger partial charge is 0.495 e. The van der Waals surface area contributed by atoms with Crippen LogP contribution in [0.1, 0.15) is 140 Å². The standard InChI is InChI=1S/C23H30BNO6S.C17H18BrNO4S.C12H24B2O4.CH4.H2/c1-7-25(8-2)32(27,28)20-12-9-18(10-13-20)29-19-11-14-21(17(15-19)16-26)24-30-22(3,4)23(5,6)31-24;1-3-19(4-2)24(21,22)16-8-5-14(6-9-16)23-15-7-10-17(18)13(11-15)12-20;1-9(2)10(3,4)16-13(15-9)14-17-11(5,6)12(7,8)18-14;;/h9-16H,7-8H2,1-6H3;5-12H,3-4H2,1-2H3;1-8H3;1H4;1H/i;;;;1+1. The van der Waals surface area contributed by atoms with Crippen LogP contribution in [-0.4, -0.2) is 119 Å². The van der Waals surface area contributed by atoms with Crippen LogP contribution < -0.4 is 14.9 Å². The Labute approximate surface area is 457 Å². The first-order chi connectivity index (χ1) is 34.2. The Morgan fingerprint density at radius 2 is 0.773 bits per heavy atom. The van der Waals surface area contributed by atoms with Gasteiger partial charge in [0, 0.05) is 43.2 Å². The highest BCUT2D eigenvalue weighted by atomic mass is 79.9. The summed E-state index contributed by atoms with van der Waals surface area (Å²) in [5.41, 5.74) is -0.951. The number of halogens is 1. The van der Waals surface area contributed by atoms with Gasteiger partial charge in [-0.1, -0.05) is 57.1 Å². The van der Waals surface area contributed by atoms with E-state index < -0.39 is 52.4 Å². The minimum atomic E-state index is -3.53. The first-order valence-corrected chi connectivity index (χ1v) is 28.4. The predicted molar refractivity (Wildman–Crippen MR) is 301 cm³/mol. The van der Waals surface area contributed by atoms with Gasteiger partial charge in [-0.05, 0) is 167 Å². The molecule has 0 saturated carbocycles. The number of benzene rings is 4. The number of hydrogen-bond acceptors (Lipinski definition) is 14. The quantitative estimate of drug-likeness (QED) is 0.0763. The second-order valence-corrected chi connectivity index (χ2v) is 25.6. The fraction of sp³-hybridized carbons (Fsp3) is 0.509. The maximum Gasteiger partial charge on any atom is 0.495 e. The van der Waals surface area contributed by atoms with Crippen LogP contribution in [0.4, 0.5) is 0 Å². The van der Waals surface area contributed by atoms with Gasteiger partial charge in [-0.25, -0.2) is 16.8 Å². The molecule has 3 fully saturated rings. The molecule has 3 saturated heterocycles. The second-order valence-electron chi connectivity index (χ2n) is 20.9. The van der Waals surface area contributed by atoms with Crippen LogP contribution >= 0.6 is 15.9 Å². The van der Waals surface area contributed by atoms with Crippen LogP contribution in [0.3, 0.4) is 0 Å². The van der Waals surface area contributed by atoms with Gasteiger partial charge in [-0.2, -0.15) is 8.61 Å². The molecule has 0 amide bonds. The Balaban J connectivity index is 0.000000308. The van der Waals surface area contributed by atoms with Gasteiger partial charge in [0.1, 0.15) is 29.3 Å². The third-order valence-electron chi connectivity index (χ3n) is 14.4. The summed E-state index contributed by atoms with van der Waals surface area (Å²) in [6.07, 6.45) is 1.48. The lowest BCUT2D eigenvalue weighted by Crippen LogP contribution is -2.41. The Bertz CT molecular complexity index is 2750. The highest BCUT2D eigenvalue weighted by Crippen LogP contribution is 2.43. The molecule has 0 N–H and O–H groups in total. The molecule has 0 unspecified atom stereocenters. The summed E-state index contributed by atoms with van der Waals surface area (Å²) in [7, 11) is -8.62. The van der Waals surface area contributed by atoms with E-state index in [-0.39, 0.29) is 41.0 Å². The maximum atomic E-state index is 12.6. The van der Waals surface area contributed by atoms with Crippen molar-refractivity contribution in [1.29, 1.82) is 0 Å². The lowest BCUT2D eigenvalue weighted by Gasteiger charge is -2.32. The highest BCUT2D eigenvalue weighted by molar-refractivity contribution is 9.10. The summed E-state index contributed by atoms with van der Waals surface area (Å²) in [4.78, 5) is 23.1. The van der Waals surface area contributed by atoms with Crippen LogP contribution in [0.15, 0.2) is 99.2 Å². The molecule has 3 heterocycles. The average molecular weight is 1140 g/mol. The van der Waals surface area contributed by atoms with E-state index in [9.17, 15) is 26.4 Å². The van der Waals surface area contributed by atoms with Crippen molar-refractivity contribution in [2.75, 3.05) is 26.2 Å². The van der Waals surface area contributed by atoms with Gasteiger partial charge in [0.2, 0.25) is 20.0 Å². The van der Waals surface area contributed by atoms with E-state index in [1.54, 1.807) is 88.4 Å². The van der Waals surface area contributed by atoms with Crippen LogP contribution in [0, 0.1) is 0 Å². The van der Waals surface area contributed by atoms with Gasteiger partial charge in [0.25, 0.3) is 0 Å². The van der Waals surface area contributed by atoms with E-state index in [1.165, 1.54) is 32.9 Å². The second kappa shape index (κ2) is 24.4. The predicted octanol–water partition coefficient (Wildman–Crippen LogP) is 10.8. The number of carbonyl (C=O) groups excluding carboxylic acids is 2. The molecule has 3 aliphatic heterocycles. The van der Waals surface area contributed by atoms with Crippen LogP contribution in [0.2, 0.25) is 0 Å². The minimum absolute atomic E-state index is 0. The number of sulfonamides is 2. The van der Waals surface area contributed by atoms with E-state index in [4.69, 9.17) is 37.4 Å². The van der Waals surface area contributed by atoms with Crippen LogP contribution in [-0.2, 0) is 48.0 Å². The molecule has 0 aromatic heterocycles. The van der Waals surface area contributed by atoms with Gasteiger partial charge < -0.3 is 37.4 Å². The molecule has 0 atom stereocenters. The Hall–Kier alpha value is -3.93. The number of carbonyl (C=O) groups is 2. The minimum Gasteiger partial charge on any atom is -0.457 e. The molecule has 4 aromatic rings. The number of ether oxygens (including phenoxy) is 2. The van der Waals surface area contributed by atoms with E-state index in [0.717, 1.165) is 12.6 Å². The molecule has 75 heavy (non-hydrogen) atoms. The van der Waals surface area contributed by atoms with Crippen LogP contribution in [0.5, 0.6) is 23.0 Å². The molecule has 0 radical (unpaired) electrons. The normalized spacial score (nSPS) is 18.8. The monoisotopic (exact) mass is 1140 g/mol. The third-order valence-corrected chi connectivity index (χ3v) is 19.2. The number of nitrogens with zero attached hydrogens (tertiary/aromatic N) is 2. The smallest absolute Gasteiger partial charge is 0.457 e. The van der Waals surface area contributed by atoms with Gasteiger partial charge in [0.15, 0.2) is 6.29 Å². The van der Waals surface area contributed by atoms with E-state index >= 15 is 0 Å². The molecule has 0 aliphatic carbocycles. The summed E-state index contributed by atoms with van der Waals surface area (Å²) in [5.74, 6) is 1.91. The summed E-state index contributed by atoms with van der Waals surface area (Å²) in [6, 6.07) is 22.6. The molecule has 4 aromatic carbocycles. The first kappa shape index (κ1) is 63.6. The van der Waals surface area contributed by atoms with Gasteiger partial charge in [0.05, 0.1) is 43.4 Å². The molecular formula is C53H78B3BrN2O14S2. The summed E-state index contributed by atoms with van der Waals surface area (Å²) in [5, 5.41) is 0. The highest BCUT2D eigenvalue weighted by Gasteiger charge is 2.63. The van der Waals surface area contributed by atoms with Crippen molar-refractivity contribution in [2.24, 2.45) is 0 Å². The van der Waals surface area contributed by atoms with Crippen molar-refractivity contribution in [1.82, 2.24) is 8.61 Å². The molecular weight excluding hydrogens is 1070 g/mol. The third kappa shape index (κ3) is 14.2. The molecule has 0 bridgehead atoms. The van der Waals surface area contributed by atoms with Gasteiger partial charge >= 0.3 is 21.1 Å². The number of hydrogen-bond donors (Lipinski definition) is 0. The molecule has 3 aliphatic rings. The van der Waals surface area contributed by atoms with Crippen molar-refractivity contribution in [3.8, 4) is 23.0 Å². The lowest BCUT2D eigenvalue weighted by molar-refractivity contribution is 0.00578. The number of rotatable bonds is 16. The Morgan fingerprint density at radius 1 is 0.480 bits per heavy atom. The van der Waals surface area contributed by atoms with E-state index in [0.29, 0.717) is 70.2 Å². The Kier molecular flexibility index (Phi) is 20.7. The fourth-order valence-corrected chi connectivity index (χ4v) is 10.9. The molecule has 0 spiro atoms. The van der Waals surface area contributed by atoms with E-state index in [1.807, 2.05) is 83.1 Å². The zero-order valence-corrected chi connectivity index (χ0v) is 48.8. The molecule has 22 heteroatoms. The summed E-state index contributed by atoms with van der Waals surface area (Å²) in [6.45, 7) is 32.9. The molecule has 7 rings (SSSR count).